The Kier molecular flexibility index (Phi) is 4.69. The van der Waals surface area contributed by atoms with Crippen LogP contribution < -0.4 is 5.32 Å². The quantitative estimate of drug-likeness (QED) is 0.882. The zero-order chi connectivity index (χ0) is 13.7. The summed E-state index contributed by atoms with van der Waals surface area (Å²) in [6, 6.07) is 13.3. The first-order valence-electron chi connectivity index (χ1n) is 6.90. The van der Waals surface area contributed by atoms with Gasteiger partial charge in [-0.3, -0.25) is 4.98 Å². The largest absolute Gasteiger partial charge is 0.310 e. The minimum absolute atomic E-state index is 0.333. The zero-order valence-corrected chi connectivity index (χ0v) is 12.0. The molecule has 0 fully saturated rings. The van der Waals surface area contributed by atoms with Crippen molar-refractivity contribution in [2.45, 2.75) is 33.2 Å². The van der Waals surface area contributed by atoms with E-state index in [9.17, 15) is 0 Å². The Morgan fingerprint density at radius 1 is 1.16 bits per heavy atom. The van der Waals surface area contributed by atoms with Crippen molar-refractivity contribution < 1.29 is 0 Å². The van der Waals surface area contributed by atoms with Gasteiger partial charge in [-0.15, -0.1) is 0 Å². The third-order valence-electron chi connectivity index (χ3n) is 3.31. The molecule has 0 aliphatic heterocycles. The van der Waals surface area contributed by atoms with Crippen LogP contribution in [0.4, 0.5) is 0 Å². The highest BCUT2D eigenvalue weighted by atomic mass is 14.9. The van der Waals surface area contributed by atoms with E-state index in [0.29, 0.717) is 6.04 Å². The fraction of sp³-hybridized carbons (Fsp3) is 0.353. The zero-order valence-electron chi connectivity index (χ0n) is 12.0. The molecule has 1 N–H and O–H groups in total. The Labute approximate surface area is 115 Å². The molecule has 2 rings (SSSR count). The number of aromatic nitrogens is 1. The Morgan fingerprint density at radius 2 is 2.00 bits per heavy atom. The molecule has 0 saturated heterocycles. The Balaban J connectivity index is 2.18. The first-order chi connectivity index (χ1) is 9.19. The summed E-state index contributed by atoms with van der Waals surface area (Å²) >= 11 is 0. The van der Waals surface area contributed by atoms with Crippen LogP contribution in [0.2, 0.25) is 0 Å². The first kappa shape index (κ1) is 13.8. The van der Waals surface area contributed by atoms with Crippen LogP contribution in [0.25, 0.3) is 0 Å². The topological polar surface area (TPSA) is 24.9 Å². The molecule has 1 aromatic carbocycles. The minimum Gasteiger partial charge on any atom is -0.310 e. The van der Waals surface area contributed by atoms with Crippen molar-refractivity contribution >= 4 is 0 Å². The SMILES string of the molecule is CCNC(Cc1cccc(C)c1)c1ccc(C)nc1. The van der Waals surface area contributed by atoms with Crippen molar-refractivity contribution in [3.63, 3.8) is 0 Å². The van der Waals surface area contributed by atoms with Crippen LogP contribution in [-0.4, -0.2) is 11.5 Å². The summed E-state index contributed by atoms with van der Waals surface area (Å²) in [6.45, 7) is 7.26. The number of likely N-dealkylation sites (N-methyl/N-ethyl adjacent to an activating group) is 1. The molecule has 1 atom stereocenters. The summed E-state index contributed by atoms with van der Waals surface area (Å²) in [5.41, 5.74) is 5.00. The van der Waals surface area contributed by atoms with Crippen LogP contribution >= 0.6 is 0 Å². The lowest BCUT2D eigenvalue weighted by Crippen LogP contribution is -2.23. The third kappa shape index (κ3) is 3.90. The predicted molar refractivity (Wildman–Crippen MR) is 80.3 cm³/mol. The molecular formula is C17H22N2. The number of aryl methyl sites for hydroxylation is 2. The summed E-state index contributed by atoms with van der Waals surface area (Å²) < 4.78 is 0. The van der Waals surface area contributed by atoms with E-state index < -0.39 is 0 Å². The monoisotopic (exact) mass is 254 g/mol. The fourth-order valence-electron chi connectivity index (χ4n) is 2.31. The number of rotatable bonds is 5. The number of pyridine rings is 1. The molecule has 0 amide bonds. The van der Waals surface area contributed by atoms with E-state index in [1.54, 1.807) is 0 Å². The normalized spacial score (nSPS) is 12.4. The maximum atomic E-state index is 4.40. The van der Waals surface area contributed by atoms with Crippen molar-refractivity contribution in [2.75, 3.05) is 6.54 Å². The molecule has 0 bridgehead atoms. The highest BCUT2D eigenvalue weighted by molar-refractivity contribution is 5.26. The van der Waals surface area contributed by atoms with Gasteiger partial charge in [-0.25, -0.2) is 0 Å². The van der Waals surface area contributed by atoms with Crippen LogP contribution in [0, 0.1) is 13.8 Å². The Hall–Kier alpha value is -1.67. The highest BCUT2D eigenvalue weighted by Gasteiger charge is 2.11. The van der Waals surface area contributed by atoms with Gasteiger partial charge in [0.2, 0.25) is 0 Å². The van der Waals surface area contributed by atoms with E-state index in [2.05, 4.69) is 60.5 Å². The van der Waals surface area contributed by atoms with Crippen LogP contribution in [0.1, 0.15) is 35.3 Å². The van der Waals surface area contributed by atoms with E-state index in [0.717, 1.165) is 18.7 Å². The molecule has 0 spiro atoms. The van der Waals surface area contributed by atoms with E-state index in [-0.39, 0.29) is 0 Å². The average molecular weight is 254 g/mol. The molecule has 0 aliphatic carbocycles. The molecule has 1 aromatic heterocycles. The van der Waals surface area contributed by atoms with Crippen LogP contribution in [0.5, 0.6) is 0 Å². The van der Waals surface area contributed by atoms with E-state index in [4.69, 9.17) is 0 Å². The van der Waals surface area contributed by atoms with Gasteiger partial charge in [-0.05, 0) is 44.0 Å². The summed E-state index contributed by atoms with van der Waals surface area (Å²) in [7, 11) is 0. The summed E-state index contributed by atoms with van der Waals surface area (Å²) in [6.07, 6.45) is 2.98. The van der Waals surface area contributed by atoms with E-state index in [1.807, 2.05) is 13.1 Å². The van der Waals surface area contributed by atoms with Gasteiger partial charge in [0.1, 0.15) is 0 Å². The molecule has 0 radical (unpaired) electrons. The number of hydrogen-bond acceptors (Lipinski definition) is 2. The van der Waals surface area contributed by atoms with Crippen molar-refractivity contribution in [3.8, 4) is 0 Å². The molecule has 1 unspecified atom stereocenters. The molecule has 19 heavy (non-hydrogen) atoms. The van der Waals surface area contributed by atoms with Gasteiger partial charge in [0.15, 0.2) is 0 Å². The lowest BCUT2D eigenvalue weighted by Gasteiger charge is -2.18. The molecular weight excluding hydrogens is 232 g/mol. The summed E-state index contributed by atoms with van der Waals surface area (Å²) in [5, 5.41) is 3.55. The van der Waals surface area contributed by atoms with Gasteiger partial charge in [-0.2, -0.15) is 0 Å². The van der Waals surface area contributed by atoms with Crippen molar-refractivity contribution in [2.24, 2.45) is 0 Å². The molecule has 0 aliphatic rings. The highest BCUT2D eigenvalue weighted by Crippen LogP contribution is 2.18. The van der Waals surface area contributed by atoms with Gasteiger partial charge in [0, 0.05) is 17.9 Å². The van der Waals surface area contributed by atoms with Crippen molar-refractivity contribution in [3.05, 3.63) is 65.0 Å². The first-order valence-corrected chi connectivity index (χ1v) is 6.90. The van der Waals surface area contributed by atoms with Gasteiger partial charge < -0.3 is 5.32 Å². The van der Waals surface area contributed by atoms with Gasteiger partial charge in [0.05, 0.1) is 0 Å². The molecule has 1 heterocycles. The van der Waals surface area contributed by atoms with Crippen LogP contribution in [0.3, 0.4) is 0 Å². The lowest BCUT2D eigenvalue weighted by molar-refractivity contribution is 0.548. The molecule has 0 saturated carbocycles. The predicted octanol–water partition coefficient (Wildman–Crippen LogP) is 3.59. The Morgan fingerprint density at radius 3 is 2.63 bits per heavy atom. The Bertz CT molecular complexity index is 517. The maximum absolute atomic E-state index is 4.40. The lowest BCUT2D eigenvalue weighted by atomic mass is 9.99. The second-order valence-corrected chi connectivity index (χ2v) is 5.04. The van der Waals surface area contributed by atoms with E-state index in [1.165, 1.54) is 16.7 Å². The van der Waals surface area contributed by atoms with E-state index >= 15 is 0 Å². The van der Waals surface area contributed by atoms with Crippen molar-refractivity contribution in [1.29, 1.82) is 0 Å². The second-order valence-electron chi connectivity index (χ2n) is 5.04. The minimum atomic E-state index is 0.333. The molecule has 2 heteroatoms. The number of hydrogen-bond donors (Lipinski definition) is 1. The maximum Gasteiger partial charge on any atom is 0.0376 e. The number of benzene rings is 1. The summed E-state index contributed by atoms with van der Waals surface area (Å²) in [5.74, 6) is 0. The molecule has 2 nitrogen and oxygen atoms in total. The summed E-state index contributed by atoms with van der Waals surface area (Å²) in [4.78, 5) is 4.40. The van der Waals surface area contributed by atoms with Gasteiger partial charge in [-0.1, -0.05) is 42.8 Å². The molecule has 2 aromatic rings. The third-order valence-corrected chi connectivity index (χ3v) is 3.31. The smallest absolute Gasteiger partial charge is 0.0376 e. The second kappa shape index (κ2) is 6.48. The van der Waals surface area contributed by atoms with Crippen molar-refractivity contribution in [1.82, 2.24) is 10.3 Å². The molecule has 100 valence electrons. The average Bonchev–Trinajstić information content (AvgIpc) is 2.39. The van der Waals surface area contributed by atoms with Crippen LogP contribution in [-0.2, 0) is 6.42 Å². The van der Waals surface area contributed by atoms with Gasteiger partial charge in [0.25, 0.3) is 0 Å². The number of nitrogens with one attached hydrogen (secondary N) is 1. The number of nitrogens with zero attached hydrogens (tertiary/aromatic N) is 1. The van der Waals surface area contributed by atoms with Gasteiger partial charge >= 0.3 is 0 Å². The van der Waals surface area contributed by atoms with Crippen LogP contribution in [0.15, 0.2) is 42.6 Å². The fourth-order valence-corrected chi connectivity index (χ4v) is 2.31. The standard InChI is InChI=1S/C17H22N2/c1-4-18-17(16-9-8-14(3)19-12-16)11-15-7-5-6-13(2)10-15/h5-10,12,17-18H,4,11H2,1-3H3.